The Morgan fingerprint density at radius 1 is 1.10 bits per heavy atom. The van der Waals surface area contributed by atoms with Gasteiger partial charge in [0.15, 0.2) is 0 Å². The van der Waals surface area contributed by atoms with Crippen molar-refractivity contribution in [2.45, 2.75) is 19.0 Å². The number of hydrogen-bond donors (Lipinski definition) is 2. The van der Waals surface area contributed by atoms with Gasteiger partial charge in [0.2, 0.25) is 0 Å². The van der Waals surface area contributed by atoms with Crippen molar-refractivity contribution in [3.63, 3.8) is 0 Å². The second kappa shape index (κ2) is 7.39. The predicted molar refractivity (Wildman–Crippen MR) is 79.3 cm³/mol. The van der Waals surface area contributed by atoms with Crippen LogP contribution in [0.25, 0.3) is 0 Å². The summed E-state index contributed by atoms with van der Waals surface area (Å²) in [6.07, 6.45) is 0.730. The lowest BCUT2D eigenvalue weighted by molar-refractivity contribution is 0.241. The molecule has 2 aromatic carbocycles. The van der Waals surface area contributed by atoms with Gasteiger partial charge in [-0.25, -0.2) is 4.39 Å². The van der Waals surface area contributed by atoms with E-state index >= 15 is 0 Å². The van der Waals surface area contributed by atoms with Crippen LogP contribution in [0.3, 0.4) is 0 Å². The fourth-order valence-corrected chi connectivity index (χ4v) is 2.13. The lowest BCUT2D eigenvalue weighted by Crippen LogP contribution is -2.34. The monoisotopic (exact) mass is 293 g/mol. The summed E-state index contributed by atoms with van der Waals surface area (Å²) in [4.78, 5) is 0. The van der Waals surface area contributed by atoms with Crippen LogP contribution in [0.1, 0.15) is 11.1 Å². The Labute approximate surface area is 123 Å². The van der Waals surface area contributed by atoms with Crippen LogP contribution < -0.4 is 5.32 Å². The molecular formula is C16H17ClFNO. The van der Waals surface area contributed by atoms with Gasteiger partial charge in [0.25, 0.3) is 0 Å². The minimum atomic E-state index is -0.422. The molecule has 2 rings (SSSR count). The van der Waals surface area contributed by atoms with Crippen molar-refractivity contribution >= 4 is 11.6 Å². The summed E-state index contributed by atoms with van der Waals surface area (Å²) in [6, 6.07) is 14.6. The van der Waals surface area contributed by atoms with Crippen molar-refractivity contribution in [3.8, 4) is 0 Å². The Balaban J connectivity index is 1.92. The fraction of sp³-hybridized carbons (Fsp3) is 0.250. The van der Waals surface area contributed by atoms with Crippen molar-refractivity contribution < 1.29 is 9.50 Å². The first-order chi connectivity index (χ1) is 9.69. The third-order valence-corrected chi connectivity index (χ3v) is 3.43. The SMILES string of the molecule is OCC(Cc1ccccc1)NCc1ccc(Cl)c(F)c1. The molecule has 1 atom stereocenters. The minimum Gasteiger partial charge on any atom is -0.395 e. The number of aliphatic hydroxyl groups excluding tert-OH is 1. The second-order valence-electron chi connectivity index (χ2n) is 4.70. The highest BCUT2D eigenvalue weighted by molar-refractivity contribution is 6.30. The molecule has 0 aromatic heterocycles. The van der Waals surface area contributed by atoms with E-state index in [1.165, 1.54) is 6.07 Å². The van der Waals surface area contributed by atoms with E-state index in [0.717, 1.165) is 17.5 Å². The van der Waals surface area contributed by atoms with Crippen LogP contribution in [-0.2, 0) is 13.0 Å². The van der Waals surface area contributed by atoms with Crippen molar-refractivity contribution in [2.75, 3.05) is 6.61 Å². The van der Waals surface area contributed by atoms with Crippen molar-refractivity contribution in [2.24, 2.45) is 0 Å². The molecule has 0 spiro atoms. The molecule has 0 amide bonds. The fourth-order valence-electron chi connectivity index (χ4n) is 2.01. The summed E-state index contributed by atoms with van der Waals surface area (Å²) >= 11 is 5.64. The van der Waals surface area contributed by atoms with Gasteiger partial charge in [-0.3, -0.25) is 0 Å². The molecule has 106 valence electrons. The van der Waals surface area contributed by atoms with E-state index in [2.05, 4.69) is 5.32 Å². The molecule has 0 aliphatic carbocycles. The van der Waals surface area contributed by atoms with E-state index in [1.54, 1.807) is 12.1 Å². The van der Waals surface area contributed by atoms with Gasteiger partial charge in [-0.1, -0.05) is 48.0 Å². The number of benzene rings is 2. The first-order valence-electron chi connectivity index (χ1n) is 6.51. The average Bonchev–Trinajstić information content (AvgIpc) is 2.48. The van der Waals surface area contributed by atoms with Crippen LogP contribution in [0.2, 0.25) is 5.02 Å². The third-order valence-electron chi connectivity index (χ3n) is 3.12. The molecule has 0 saturated carbocycles. The Hall–Kier alpha value is -1.42. The van der Waals surface area contributed by atoms with Crippen LogP contribution >= 0.6 is 11.6 Å². The molecule has 0 bridgehead atoms. The third kappa shape index (κ3) is 4.30. The van der Waals surface area contributed by atoms with Crippen molar-refractivity contribution in [3.05, 3.63) is 70.5 Å². The van der Waals surface area contributed by atoms with Gasteiger partial charge in [-0.05, 0) is 29.7 Å². The Bertz CT molecular complexity index is 547. The molecule has 0 aliphatic heterocycles. The molecule has 4 heteroatoms. The Morgan fingerprint density at radius 2 is 1.85 bits per heavy atom. The highest BCUT2D eigenvalue weighted by Gasteiger charge is 2.08. The summed E-state index contributed by atoms with van der Waals surface area (Å²) in [5.74, 6) is -0.422. The zero-order valence-electron chi connectivity index (χ0n) is 11.0. The van der Waals surface area contributed by atoms with Gasteiger partial charge in [0.05, 0.1) is 11.6 Å². The van der Waals surface area contributed by atoms with Crippen LogP contribution in [0, 0.1) is 5.82 Å². The summed E-state index contributed by atoms with van der Waals surface area (Å²) < 4.78 is 13.3. The number of nitrogens with one attached hydrogen (secondary N) is 1. The molecule has 20 heavy (non-hydrogen) atoms. The first kappa shape index (κ1) is 15.0. The molecule has 2 nitrogen and oxygen atoms in total. The number of hydrogen-bond acceptors (Lipinski definition) is 2. The normalized spacial score (nSPS) is 12.3. The van der Waals surface area contributed by atoms with E-state index in [1.807, 2.05) is 30.3 Å². The minimum absolute atomic E-state index is 0.0327. The molecule has 2 N–H and O–H groups in total. The van der Waals surface area contributed by atoms with Crippen molar-refractivity contribution in [1.29, 1.82) is 0 Å². The molecule has 0 fully saturated rings. The molecule has 0 aliphatic rings. The summed E-state index contributed by atoms with van der Waals surface area (Å²) in [7, 11) is 0. The van der Waals surface area contributed by atoms with Crippen molar-refractivity contribution in [1.82, 2.24) is 5.32 Å². The predicted octanol–water partition coefficient (Wildman–Crippen LogP) is 3.17. The van der Waals surface area contributed by atoms with Crippen LogP contribution in [0.4, 0.5) is 4.39 Å². The molecular weight excluding hydrogens is 277 g/mol. The summed E-state index contributed by atoms with van der Waals surface area (Å²) in [5.41, 5.74) is 1.96. The molecule has 0 heterocycles. The summed E-state index contributed by atoms with van der Waals surface area (Å²) in [6.45, 7) is 0.525. The standard InChI is InChI=1S/C16H17ClFNO/c17-15-7-6-13(9-16(15)18)10-19-14(11-20)8-12-4-2-1-3-5-12/h1-7,9,14,19-20H,8,10-11H2. The molecule has 0 saturated heterocycles. The highest BCUT2D eigenvalue weighted by Crippen LogP contribution is 2.15. The van der Waals surface area contributed by atoms with Gasteiger partial charge < -0.3 is 10.4 Å². The quantitative estimate of drug-likeness (QED) is 0.857. The zero-order chi connectivity index (χ0) is 14.4. The van der Waals surface area contributed by atoms with Gasteiger partial charge >= 0.3 is 0 Å². The lowest BCUT2D eigenvalue weighted by Gasteiger charge is -2.16. The Morgan fingerprint density at radius 3 is 2.50 bits per heavy atom. The average molecular weight is 294 g/mol. The maximum Gasteiger partial charge on any atom is 0.142 e. The lowest BCUT2D eigenvalue weighted by atomic mass is 10.1. The maximum absolute atomic E-state index is 13.3. The number of rotatable bonds is 6. The maximum atomic E-state index is 13.3. The largest absolute Gasteiger partial charge is 0.395 e. The van der Waals surface area contributed by atoms with Crippen LogP contribution in [-0.4, -0.2) is 17.8 Å². The zero-order valence-corrected chi connectivity index (χ0v) is 11.8. The smallest absolute Gasteiger partial charge is 0.142 e. The van der Waals surface area contributed by atoms with Gasteiger partial charge in [-0.2, -0.15) is 0 Å². The van der Waals surface area contributed by atoms with Crippen LogP contribution in [0.5, 0.6) is 0 Å². The van der Waals surface area contributed by atoms with E-state index < -0.39 is 5.82 Å². The summed E-state index contributed by atoms with van der Waals surface area (Å²) in [5, 5.41) is 12.7. The van der Waals surface area contributed by atoms with E-state index in [4.69, 9.17) is 11.6 Å². The highest BCUT2D eigenvalue weighted by atomic mass is 35.5. The van der Waals surface area contributed by atoms with Crippen LogP contribution in [0.15, 0.2) is 48.5 Å². The van der Waals surface area contributed by atoms with Gasteiger partial charge in [-0.15, -0.1) is 0 Å². The topological polar surface area (TPSA) is 32.3 Å². The Kier molecular flexibility index (Phi) is 5.53. The molecule has 2 aromatic rings. The number of aliphatic hydroxyl groups is 1. The first-order valence-corrected chi connectivity index (χ1v) is 6.89. The number of halogens is 2. The molecule has 1 unspecified atom stereocenters. The second-order valence-corrected chi connectivity index (χ2v) is 5.11. The van der Waals surface area contributed by atoms with Gasteiger partial charge in [0, 0.05) is 12.6 Å². The van der Waals surface area contributed by atoms with Gasteiger partial charge in [0.1, 0.15) is 5.82 Å². The molecule has 0 radical (unpaired) electrons. The van der Waals surface area contributed by atoms with E-state index in [9.17, 15) is 9.50 Å². The van der Waals surface area contributed by atoms with E-state index in [0.29, 0.717) is 6.54 Å². The van der Waals surface area contributed by atoms with E-state index in [-0.39, 0.29) is 17.7 Å².